The molecule has 3 N–H and O–H groups in total. The lowest BCUT2D eigenvalue weighted by Crippen LogP contribution is -2.48. The molecular formula is C34H35F3N4O3. The highest BCUT2D eigenvalue weighted by Gasteiger charge is 2.30. The highest BCUT2D eigenvalue weighted by molar-refractivity contribution is 6.00. The van der Waals surface area contributed by atoms with Gasteiger partial charge in [0.25, 0.3) is 11.8 Å². The zero-order valence-electron chi connectivity index (χ0n) is 24.5. The van der Waals surface area contributed by atoms with Gasteiger partial charge in [-0.3, -0.25) is 14.6 Å². The third kappa shape index (κ3) is 9.23. The van der Waals surface area contributed by atoms with E-state index < -0.39 is 29.8 Å². The molecule has 3 aromatic carbocycles. The Labute approximate surface area is 254 Å². The second kappa shape index (κ2) is 14.8. The van der Waals surface area contributed by atoms with Crippen LogP contribution in [0.3, 0.4) is 0 Å². The molecule has 10 heteroatoms. The predicted octanol–water partition coefficient (Wildman–Crippen LogP) is 5.17. The standard InChI is InChI=1S/C34H35F3N4O3/c1-23-15-26(19-27(16-23)33(44)41(2)22-29-13-6-7-14-39-29)32(43)40-30(18-24-9-4-3-5-10-24)31(42)21-38-20-25-11-8-12-28(17-25)34(35,36)37/h3-17,19,30-31,38,42H,18,20-22H2,1-2H3,(H,40,43)/t30-,31+/m0/s1. The Kier molecular flexibility index (Phi) is 10.9. The number of amides is 2. The number of hydrogen-bond donors (Lipinski definition) is 3. The van der Waals surface area contributed by atoms with Crippen LogP contribution in [0.4, 0.5) is 13.2 Å². The summed E-state index contributed by atoms with van der Waals surface area (Å²) >= 11 is 0. The van der Waals surface area contributed by atoms with Crippen molar-refractivity contribution >= 4 is 11.8 Å². The number of aryl methyl sites for hydroxylation is 1. The van der Waals surface area contributed by atoms with E-state index in [2.05, 4.69) is 15.6 Å². The van der Waals surface area contributed by atoms with Gasteiger partial charge in [0.1, 0.15) is 0 Å². The highest BCUT2D eigenvalue weighted by Crippen LogP contribution is 2.29. The van der Waals surface area contributed by atoms with Gasteiger partial charge in [0.15, 0.2) is 0 Å². The van der Waals surface area contributed by atoms with Gasteiger partial charge in [-0.25, -0.2) is 0 Å². The van der Waals surface area contributed by atoms with Crippen LogP contribution in [0.5, 0.6) is 0 Å². The molecule has 0 fully saturated rings. The van der Waals surface area contributed by atoms with Crippen molar-refractivity contribution in [1.29, 1.82) is 0 Å². The van der Waals surface area contributed by atoms with Crippen LogP contribution in [0.2, 0.25) is 0 Å². The third-order valence-corrected chi connectivity index (χ3v) is 7.07. The van der Waals surface area contributed by atoms with E-state index in [0.29, 0.717) is 24.1 Å². The van der Waals surface area contributed by atoms with E-state index in [1.54, 1.807) is 44.4 Å². The van der Waals surface area contributed by atoms with Gasteiger partial charge in [0, 0.05) is 37.5 Å². The summed E-state index contributed by atoms with van der Waals surface area (Å²) in [5, 5.41) is 17.0. The molecule has 0 aliphatic carbocycles. The summed E-state index contributed by atoms with van der Waals surface area (Å²) in [6, 6.07) is 23.9. The van der Waals surface area contributed by atoms with Gasteiger partial charge >= 0.3 is 6.18 Å². The normalized spacial score (nSPS) is 12.8. The molecule has 44 heavy (non-hydrogen) atoms. The third-order valence-electron chi connectivity index (χ3n) is 7.07. The minimum atomic E-state index is -4.45. The summed E-state index contributed by atoms with van der Waals surface area (Å²) in [5.74, 6) is -0.735. The summed E-state index contributed by atoms with van der Waals surface area (Å²) in [5.41, 5.74) is 2.61. The Morgan fingerprint density at radius 1 is 0.909 bits per heavy atom. The van der Waals surface area contributed by atoms with Crippen LogP contribution in [0.25, 0.3) is 0 Å². The van der Waals surface area contributed by atoms with Crippen molar-refractivity contribution < 1.29 is 27.9 Å². The molecular weight excluding hydrogens is 569 g/mol. The number of benzene rings is 3. The van der Waals surface area contributed by atoms with E-state index in [9.17, 15) is 27.9 Å². The molecule has 0 saturated carbocycles. The van der Waals surface area contributed by atoms with Crippen LogP contribution in [0.15, 0.2) is 97.2 Å². The molecule has 0 spiro atoms. The largest absolute Gasteiger partial charge is 0.416 e. The van der Waals surface area contributed by atoms with E-state index >= 15 is 0 Å². The second-order valence-electron chi connectivity index (χ2n) is 10.7. The average molecular weight is 605 g/mol. The molecule has 0 aliphatic heterocycles. The number of hydrogen-bond acceptors (Lipinski definition) is 5. The van der Waals surface area contributed by atoms with Crippen molar-refractivity contribution in [1.82, 2.24) is 20.5 Å². The summed E-state index contributed by atoms with van der Waals surface area (Å²) in [7, 11) is 1.66. The van der Waals surface area contributed by atoms with Gasteiger partial charge < -0.3 is 20.6 Å². The lowest BCUT2D eigenvalue weighted by molar-refractivity contribution is -0.137. The number of carbonyl (C=O) groups excluding carboxylic acids is 2. The van der Waals surface area contributed by atoms with E-state index in [1.165, 1.54) is 17.0 Å². The lowest BCUT2D eigenvalue weighted by Gasteiger charge is -2.25. The zero-order chi connectivity index (χ0) is 31.7. The molecule has 2 atom stereocenters. The van der Waals surface area contributed by atoms with E-state index in [4.69, 9.17) is 0 Å². The van der Waals surface area contributed by atoms with Crippen molar-refractivity contribution in [3.63, 3.8) is 0 Å². The minimum Gasteiger partial charge on any atom is -0.390 e. The van der Waals surface area contributed by atoms with Gasteiger partial charge in [-0.2, -0.15) is 13.2 Å². The minimum absolute atomic E-state index is 0.0178. The average Bonchev–Trinajstić information content (AvgIpc) is 3.00. The first kappa shape index (κ1) is 32.4. The smallest absolute Gasteiger partial charge is 0.390 e. The van der Waals surface area contributed by atoms with E-state index in [-0.39, 0.29) is 24.6 Å². The van der Waals surface area contributed by atoms with Crippen molar-refractivity contribution in [3.05, 3.63) is 136 Å². The molecule has 1 aromatic heterocycles. The van der Waals surface area contributed by atoms with Gasteiger partial charge in [0.05, 0.1) is 29.9 Å². The van der Waals surface area contributed by atoms with Crippen LogP contribution in [0, 0.1) is 6.92 Å². The maximum Gasteiger partial charge on any atom is 0.416 e. The number of pyridine rings is 1. The first-order chi connectivity index (χ1) is 21.0. The second-order valence-corrected chi connectivity index (χ2v) is 10.7. The fourth-order valence-electron chi connectivity index (χ4n) is 4.83. The molecule has 0 aliphatic rings. The summed E-state index contributed by atoms with van der Waals surface area (Å²) in [6.07, 6.45) is -3.55. The van der Waals surface area contributed by atoms with Gasteiger partial charge in [-0.05, 0) is 66.4 Å². The molecule has 0 radical (unpaired) electrons. The van der Waals surface area contributed by atoms with E-state index in [0.717, 1.165) is 29.0 Å². The predicted molar refractivity (Wildman–Crippen MR) is 162 cm³/mol. The molecule has 2 amide bonds. The van der Waals surface area contributed by atoms with Gasteiger partial charge in [0.2, 0.25) is 0 Å². The topological polar surface area (TPSA) is 94.6 Å². The van der Waals surface area contributed by atoms with Crippen molar-refractivity contribution in [2.75, 3.05) is 13.6 Å². The lowest BCUT2D eigenvalue weighted by atomic mass is 9.99. The number of rotatable bonds is 12. The summed E-state index contributed by atoms with van der Waals surface area (Å²) in [6.45, 7) is 2.21. The molecule has 4 aromatic rings. The Morgan fingerprint density at radius 3 is 2.32 bits per heavy atom. The van der Waals surface area contributed by atoms with Crippen molar-refractivity contribution in [2.24, 2.45) is 0 Å². The first-order valence-corrected chi connectivity index (χ1v) is 14.2. The van der Waals surface area contributed by atoms with Crippen LogP contribution in [-0.4, -0.2) is 52.5 Å². The van der Waals surface area contributed by atoms with Crippen LogP contribution < -0.4 is 10.6 Å². The van der Waals surface area contributed by atoms with Crippen LogP contribution in [-0.2, 0) is 25.7 Å². The zero-order valence-corrected chi connectivity index (χ0v) is 24.5. The van der Waals surface area contributed by atoms with Crippen molar-refractivity contribution in [2.45, 2.75) is 44.8 Å². The fraction of sp³-hybridized carbons (Fsp3) is 0.265. The fourth-order valence-corrected chi connectivity index (χ4v) is 4.83. The Balaban J connectivity index is 1.46. The number of nitrogens with zero attached hydrogens (tertiary/aromatic N) is 2. The SMILES string of the molecule is Cc1cc(C(=O)N[C@@H](Cc2ccccc2)[C@H](O)CNCc2cccc(C(F)(F)F)c2)cc(C(=O)N(C)Cc2ccccn2)c1. The maximum atomic E-state index is 13.5. The molecule has 4 rings (SSSR count). The number of halogens is 3. The molecule has 230 valence electrons. The number of nitrogens with one attached hydrogen (secondary N) is 2. The Bertz CT molecular complexity index is 1550. The van der Waals surface area contributed by atoms with Gasteiger partial charge in [-0.15, -0.1) is 0 Å². The summed E-state index contributed by atoms with van der Waals surface area (Å²) in [4.78, 5) is 32.5. The molecule has 0 unspecified atom stereocenters. The number of aromatic nitrogens is 1. The van der Waals surface area contributed by atoms with Crippen molar-refractivity contribution in [3.8, 4) is 0 Å². The van der Waals surface area contributed by atoms with Crippen LogP contribution in [0.1, 0.15) is 48.7 Å². The number of aliphatic hydroxyl groups is 1. The number of carbonyl (C=O) groups is 2. The molecule has 0 saturated heterocycles. The highest BCUT2D eigenvalue weighted by atomic mass is 19.4. The maximum absolute atomic E-state index is 13.5. The van der Waals surface area contributed by atoms with Gasteiger partial charge in [-0.1, -0.05) is 54.6 Å². The Hall–Kier alpha value is -4.54. The number of alkyl halides is 3. The van der Waals surface area contributed by atoms with Crippen LogP contribution >= 0.6 is 0 Å². The first-order valence-electron chi connectivity index (χ1n) is 14.2. The molecule has 7 nitrogen and oxygen atoms in total. The van der Waals surface area contributed by atoms with E-state index in [1.807, 2.05) is 42.5 Å². The quantitative estimate of drug-likeness (QED) is 0.207. The Morgan fingerprint density at radius 2 is 1.61 bits per heavy atom. The molecule has 0 bridgehead atoms. The number of aliphatic hydroxyl groups excluding tert-OH is 1. The monoisotopic (exact) mass is 604 g/mol. The molecule has 1 heterocycles. The summed E-state index contributed by atoms with van der Waals surface area (Å²) < 4.78 is 39.3.